The van der Waals surface area contributed by atoms with Crippen molar-refractivity contribution in [3.8, 4) is 11.4 Å². The molecule has 1 aliphatic rings. The smallest absolute Gasteiger partial charge is 0.246 e. The fourth-order valence-electron chi connectivity index (χ4n) is 3.05. The van der Waals surface area contributed by atoms with Crippen LogP contribution >= 0.6 is 0 Å². The molecule has 1 fully saturated rings. The Morgan fingerprint density at radius 2 is 2.07 bits per heavy atom. The number of sulfonamides is 1. The summed E-state index contributed by atoms with van der Waals surface area (Å²) in [5.74, 6) is 0.274. The second kappa shape index (κ2) is 8.18. The van der Waals surface area contributed by atoms with Crippen LogP contribution in [-0.4, -0.2) is 47.6 Å². The van der Waals surface area contributed by atoms with Crippen molar-refractivity contribution in [1.29, 1.82) is 0 Å². The van der Waals surface area contributed by atoms with E-state index in [4.69, 9.17) is 4.52 Å². The maximum atomic E-state index is 12.4. The van der Waals surface area contributed by atoms with Crippen molar-refractivity contribution in [3.05, 3.63) is 35.7 Å². The number of hydrogen-bond acceptors (Lipinski definition) is 6. The van der Waals surface area contributed by atoms with Crippen molar-refractivity contribution < 1.29 is 17.7 Å². The minimum atomic E-state index is -3.27. The zero-order valence-electron chi connectivity index (χ0n) is 15.5. The molecule has 8 nitrogen and oxygen atoms in total. The minimum Gasteiger partial charge on any atom is -0.347 e. The number of nitrogens with one attached hydrogen (secondary N) is 1. The molecule has 9 heteroatoms. The lowest BCUT2D eigenvalue weighted by atomic mass is 9.99. The van der Waals surface area contributed by atoms with Gasteiger partial charge >= 0.3 is 0 Å². The molecule has 0 spiro atoms. The van der Waals surface area contributed by atoms with E-state index in [9.17, 15) is 13.2 Å². The lowest BCUT2D eigenvalue weighted by Crippen LogP contribution is -2.45. The second-order valence-electron chi connectivity index (χ2n) is 6.69. The first kappa shape index (κ1) is 19.5. The van der Waals surface area contributed by atoms with Crippen molar-refractivity contribution >= 4 is 15.9 Å². The molecule has 1 N–H and O–H groups in total. The van der Waals surface area contributed by atoms with Gasteiger partial charge in [-0.15, -0.1) is 0 Å². The van der Waals surface area contributed by atoms with Crippen LogP contribution < -0.4 is 5.32 Å². The normalized spacial score (nSPS) is 18.4. The molecule has 1 aromatic heterocycles. The standard InChI is InChI=1S/C18H24N4O4S/c1-3-27(24,25)22-10-4-5-15(12-22)18(23)19-11-16-20-17(21-26-16)14-8-6-13(2)7-9-14/h6-9,15H,3-5,10-12H2,1-2H3,(H,19,23)/t15-/m0/s1. The lowest BCUT2D eigenvalue weighted by molar-refractivity contribution is -0.126. The molecule has 1 atom stereocenters. The third kappa shape index (κ3) is 4.72. The Labute approximate surface area is 159 Å². The van der Waals surface area contributed by atoms with Crippen LogP contribution in [0.4, 0.5) is 0 Å². The second-order valence-corrected chi connectivity index (χ2v) is 8.95. The SMILES string of the molecule is CCS(=O)(=O)N1CCC[C@H](C(=O)NCc2nc(-c3ccc(C)cc3)no2)C1. The van der Waals surface area contributed by atoms with Crippen LogP contribution in [0.5, 0.6) is 0 Å². The van der Waals surface area contributed by atoms with Crippen molar-refractivity contribution in [3.63, 3.8) is 0 Å². The van der Waals surface area contributed by atoms with Crippen LogP contribution in [0.25, 0.3) is 11.4 Å². The average molecular weight is 392 g/mol. The summed E-state index contributed by atoms with van der Waals surface area (Å²) in [4.78, 5) is 16.7. The number of carbonyl (C=O) groups is 1. The van der Waals surface area contributed by atoms with Crippen molar-refractivity contribution in [1.82, 2.24) is 19.8 Å². The van der Waals surface area contributed by atoms with Gasteiger partial charge in [0.2, 0.25) is 27.6 Å². The molecule has 0 unspecified atom stereocenters. The fraction of sp³-hybridized carbons (Fsp3) is 0.500. The van der Waals surface area contributed by atoms with Crippen LogP contribution in [0.1, 0.15) is 31.2 Å². The first-order valence-electron chi connectivity index (χ1n) is 9.04. The quantitative estimate of drug-likeness (QED) is 0.802. The molecule has 27 heavy (non-hydrogen) atoms. The topological polar surface area (TPSA) is 105 Å². The van der Waals surface area contributed by atoms with E-state index in [1.807, 2.05) is 31.2 Å². The molecule has 0 bridgehead atoms. The third-order valence-electron chi connectivity index (χ3n) is 4.70. The summed E-state index contributed by atoms with van der Waals surface area (Å²) >= 11 is 0. The Hall–Kier alpha value is -2.26. The van der Waals surface area contributed by atoms with Gasteiger partial charge in [0.15, 0.2) is 0 Å². The number of nitrogens with zero attached hydrogens (tertiary/aromatic N) is 3. The number of benzene rings is 1. The highest BCUT2D eigenvalue weighted by Gasteiger charge is 2.31. The molecule has 2 aromatic rings. The van der Waals surface area contributed by atoms with Gasteiger partial charge in [0, 0.05) is 18.7 Å². The number of aromatic nitrogens is 2. The maximum absolute atomic E-state index is 12.4. The average Bonchev–Trinajstić information content (AvgIpc) is 3.16. The van der Waals surface area contributed by atoms with Crippen LogP contribution in [0.15, 0.2) is 28.8 Å². The van der Waals surface area contributed by atoms with Gasteiger partial charge in [-0.1, -0.05) is 35.0 Å². The molecule has 0 aliphatic carbocycles. The molecule has 1 aliphatic heterocycles. The summed E-state index contributed by atoms with van der Waals surface area (Å²) in [6, 6.07) is 7.75. The summed E-state index contributed by atoms with van der Waals surface area (Å²) in [7, 11) is -3.27. The summed E-state index contributed by atoms with van der Waals surface area (Å²) < 4.78 is 30.6. The van der Waals surface area contributed by atoms with Crippen molar-refractivity contribution in [2.45, 2.75) is 33.2 Å². The van der Waals surface area contributed by atoms with Gasteiger partial charge in [-0.05, 0) is 26.7 Å². The summed E-state index contributed by atoms with van der Waals surface area (Å²) in [5.41, 5.74) is 1.98. The molecule has 0 radical (unpaired) electrons. The highest BCUT2D eigenvalue weighted by molar-refractivity contribution is 7.89. The van der Waals surface area contributed by atoms with E-state index in [-0.39, 0.29) is 30.7 Å². The Morgan fingerprint density at radius 1 is 1.33 bits per heavy atom. The predicted molar refractivity (Wildman–Crippen MR) is 100 cm³/mol. The molecule has 1 amide bonds. The van der Waals surface area contributed by atoms with Crippen LogP contribution in [0.3, 0.4) is 0 Å². The van der Waals surface area contributed by atoms with E-state index in [1.165, 1.54) is 4.31 Å². The number of carbonyl (C=O) groups excluding carboxylic acids is 1. The van der Waals surface area contributed by atoms with Gasteiger partial charge in [-0.2, -0.15) is 4.98 Å². The Balaban J connectivity index is 1.57. The van der Waals surface area contributed by atoms with E-state index in [0.29, 0.717) is 31.1 Å². The number of aryl methyl sites for hydroxylation is 1. The first-order valence-corrected chi connectivity index (χ1v) is 10.6. The number of amides is 1. The van der Waals surface area contributed by atoms with Crippen LogP contribution in [0.2, 0.25) is 0 Å². The highest BCUT2D eigenvalue weighted by atomic mass is 32.2. The van der Waals surface area contributed by atoms with Crippen LogP contribution in [-0.2, 0) is 21.4 Å². The van der Waals surface area contributed by atoms with E-state index < -0.39 is 10.0 Å². The minimum absolute atomic E-state index is 0.0467. The number of hydrogen-bond donors (Lipinski definition) is 1. The first-order chi connectivity index (χ1) is 12.9. The molecule has 1 saturated heterocycles. The zero-order valence-corrected chi connectivity index (χ0v) is 16.3. The molecule has 146 valence electrons. The fourth-order valence-corrected chi connectivity index (χ4v) is 4.22. The Kier molecular flexibility index (Phi) is 5.91. The van der Waals surface area contributed by atoms with Gasteiger partial charge in [0.05, 0.1) is 18.2 Å². The molecule has 3 rings (SSSR count). The number of rotatable bonds is 6. The van der Waals surface area contributed by atoms with Gasteiger partial charge in [-0.25, -0.2) is 12.7 Å². The van der Waals surface area contributed by atoms with Gasteiger partial charge < -0.3 is 9.84 Å². The van der Waals surface area contributed by atoms with E-state index in [1.54, 1.807) is 6.92 Å². The molecule has 0 saturated carbocycles. The third-order valence-corrected chi connectivity index (χ3v) is 6.55. The van der Waals surface area contributed by atoms with E-state index in [2.05, 4.69) is 15.5 Å². The summed E-state index contributed by atoms with van der Waals surface area (Å²) in [6.45, 7) is 4.43. The van der Waals surface area contributed by atoms with E-state index in [0.717, 1.165) is 11.1 Å². The largest absolute Gasteiger partial charge is 0.347 e. The van der Waals surface area contributed by atoms with Gasteiger partial charge in [0.25, 0.3) is 0 Å². The maximum Gasteiger partial charge on any atom is 0.246 e. The number of piperidine rings is 1. The van der Waals surface area contributed by atoms with Crippen molar-refractivity contribution in [2.24, 2.45) is 5.92 Å². The Bertz CT molecular complexity index is 892. The Morgan fingerprint density at radius 3 is 2.78 bits per heavy atom. The van der Waals surface area contributed by atoms with Gasteiger partial charge in [0.1, 0.15) is 0 Å². The lowest BCUT2D eigenvalue weighted by Gasteiger charge is -2.30. The molecule has 2 heterocycles. The zero-order chi connectivity index (χ0) is 19.4. The monoisotopic (exact) mass is 392 g/mol. The predicted octanol–water partition coefficient (Wildman–Crippen LogP) is 1.72. The van der Waals surface area contributed by atoms with Crippen LogP contribution in [0, 0.1) is 12.8 Å². The summed E-state index contributed by atoms with van der Waals surface area (Å²) in [5, 5.41) is 6.71. The highest BCUT2D eigenvalue weighted by Crippen LogP contribution is 2.20. The summed E-state index contributed by atoms with van der Waals surface area (Å²) in [6.07, 6.45) is 1.34. The van der Waals surface area contributed by atoms with E-state index >= 15 is 0 Å². The molecular weight excluding hydrogens is 368 g/mol. The molecular formula is C18H24N4O4S. The molecule has 1 aromatic carbocycles. The van der Waals surface area contributed by atoms with Gasteiger partial charge in [-0.3, -0.25) is 4.79 Å². The van der Waals surface area contributed by atoms with Crippen molar-refractivity contribution in [2.75, 3.05) is 18.8 Å².